The van der Waals surface area contributed by atoms with Gasteiger partial charge >= 0.3 is 0 Å². The standard InChI is InChI=1S/C14H6Br4/c15-11-9-6-5-7-3-1-2-4-8(7)10(9)12(16)14(18)13(11)17/h1-6H. The fourth-order valence-corrected chi connectivity index (χ4v) is 4.61. The Balaban J connectivity index is 2.66. The van der Waals surface area contributed by atoms with E-state index in [0.717, 1.165) is 17.9 Å². The minimum Gasteiger partial charge on any atom is -0.0616 e. The van der Waals surface area contributed by atoms with Crippen molar-refractivity contribution in [3.63, 3.8) is 0 Å². The van der Waals surface area contributed by atoms with Gasteiger partial charge in [0.05, 0.1) is 0 Å². The van der Waals surface area contributed by atoms with E-state index in [2.05, 4.69) is 100 Å². The molecule has 3 aromatic carbocycles. The predicted molar refractivity (Wildman–Crippen MR) is 92.3 cm³/mol. The van der Waals surface area contributed by atoms with Crippen molar-refractivity contribution in [1.29, 1.82) is 0 Å². The Labute approximate surface area is 138 Å². The van der Waals surface area contributed by atoms with E-state index < -0.39 is 0 Å². The second kappa shape index (κ2) is 4.89. The van der Waals surface area contributed by atoms with E-state index in [9.17, 15) is 0 Å². The lowest BCUT2D eigenvalue weighted by Gasteiger charge is -2.12. The summed E-state index contributed by atoms with van der Waals surface area (Å²) in [6.07, 6.45) is 0. The topological polar surface area (TPSA) is 0 Å². The van der Waals surface area contributed by atoms with Crippen molar-refractivity contribution >= 4 is 85.3 Å². The van der Waals surface area contributed by atoms with Gasteiger partial charge in [0, 0.05) is 23.3 Å². The van der Waals surface area contributed by atoms with E-state index in [0.29, 0.717) is 0 Å². The Bertz CT molecular complexity index is 778. The molecule has 18 heavy (non-hydrogen) atoms. The lowest BCUT2D eigenvalue weighted by atomic mass is 10.0. The van der Waals surface area contributed by atoms with Gasteiger partial charge in [0.25, 0.3) is 0 Å². The number of rotatable bonds is 0. The van der Waals surface area contributed by atoms with Crippen molar-refractivity contribution in [3.8, 4) is 0 Å². The average Bonchev–Trinajstić information content (AvgIpc) is 2.41. The molecule has 0 bridgehead atoms. The first kappa shape index (κ1) is 13.1. The summed E-state index contributed by atoms with van der Waals surface area (Å²) in [6, 6.07) is 12.7. The summed E-state index contributed by atoms with van der Waals surface area (Å²) in [7, 11) is 0. The maximum Gasteiger partial charge on any atom is 0.0477 e. The molecule has 0 aliphatic heterocycles. The van der Waals surface area contributed by atoms with Crippen LogP contribution in [0.1, 0.15) is 0 Å². The first-order valence-electron chi connectivity index (χ1n) is 5.24. The molecule has 0 aliphatic rings. The fourth-order valence-electron chi connectivity index (χ4n) is 2.11. The molecule has 0 saturated heterocycles. The van der Waals surface area contributed by atoms with E-state index in [4.69, 9.17) is 0 Å². The Morgan fingerprint density at radius 1 is 0.556 bits per heavy atom. The zero-order valence-electron chi connectivity index (χ0n) is 8.98. The lowest BCUT2D eigenvalue weighted by molar-refractivity contribution is 1.57. The highest BCUT2D eigenvalue weighted by atomic mass is 79.9. The molecule has 0 atom stereocenters. The highest BCUT2D eigenvalue weighted by Crippen LogP contribution is 2.45. The lowest BCUT2D eigenvalue weighted by Crippen LogP contribution is -1.84. The van der Waals surface area contributed by atoms with Gasteiger partial charge in [0.2, 0.25) is 0 Å². The van der Waals surface area contributed by atoms with Crippen LogP contribution in [0.2, 0.25) is 0 Å². The van der Waals surface area contributed by atoms with Gasteiger partial charge in [0.1, 0.15) is 0 Å². The summed E-state index contributed by atoms with van der Waals surface area (Å²) < 4.78 is 4.19. The van der Waals surface area contributed by atoms with Gasteiger partial charge in [-0.3, -0.25) is 0 Å². The van der Waals surface area contributed by atoms with E-state index in [1.54, 1.807) is 0 Å². The SMILES string of the molecule is Brc1c(Br)c(Br)c2c(ccc3ccccc32)c1Br. The maximum absolute atomic E-state index is 3.69. The van der Waals surface area contributed by atoms with Gasteiger partial charge in [-0.2, -0.15) is 0 Å². The summed E-state index contributed by atoms with van der Waals surface area (Å²) in [6.45, 7) is 0. The molecule has 3 rings (SSSR count). The largest absolute Gasteiger partial charge is 0.0616 e. The molecule has 0 nitrogen and oxygen atoms in total. The van der Waals surface area contributed by atoms with Crippen LogP contribution in [0.5, 0.6) is 0 Å². The Kier molecular flexibility index (Phi) is 3.56. The smallest absolute Gasteiger partial charge is 0.0477 e. The number of benzene rings is 3. The number of hydrogen-bond donors (Lipinski definition) is 0. The van der Waals surface area contributed by atoms with E-state index in [1.165, 1.54) is 21.5 Å². The number of hydrogen-bond acceptors (Lipinski definition) is 0. The monoisotopic (exact) mass is 490 g/mol. The molecule has 4 heteroatoms. The Morgan fingerprint density at radius 3 is 2.00 bits per heavy atom. The second-order valence-electron chi connectivity index (χ2n) is 3.97. The van der Waals surface area contributed by atoms with Crippen LogP contribution in [0.25, 0.3) is 21.5 Å². The van der Waals surface area contributed by atoms with Crippen molar-refractivity contribution in [2.75, 3.05) is 0 Å². The van der Waals surface area contributed by atoms with Crippen LogP contribution in [0.4, 0.5) is 0 Å². The van der Waals surface area contributed by atoms with Gasteiger partial charge in [0.15, 0.2) is 0 Å². The van der Waals surface area contributed by atoms with Gasteiger partial charge in [-0.1, -0.05) is 36.4 Å². The maximum atomic E-state index is 3.69. The molecule has 0 aromatic heterocycles. The highest BCUT2D eigenvalue weighted by Gasteiger charge is 2.15. The third-order valence-electron chi connectivity index (χ3n) is 2.96. The minimum atomic E-state index is 1.03. The molecule has 0 saturated carbocycles. The summed E-state index contributed by atoms with van der Waals surface area (Å²) >= 11 is 14.5. The number of halogens is 4. The summed E-state index contributed by atoms with van der Waals surface area (Å²) in [5.41, 5.74) is 0. The summed E-state index contributed by atoms with van der Waals surface area (Å²) in [4.78, 5) is 0. The first-order chi connectivity index (χ1) is 8.61. The van der Waals surface area contributed by atoms with Crippen LogP contribution in [0.15, 0.2) is 54.3 Å². The van der Waals surface area contributed by atoms with Crippen molar-refractivity contribution in [1.82, 2.24) is 0 Å². The molecular formula is C14H6Br4. The molecular weight excluding hydrogens is 488 g/mol. The van der Waals surface area contributed by atoms with Crippen LogP contribution in [-0.4, -0.2) is 0 Å². The van der Waals surface area contributed by atoms with Gasteiger partial charge in [-0.15, -0.1) is 0 Å². The van der Waals surface area contributed by atoms with E-state index in [-0.39, 0.29) is 0 Å². The zero-order valence-corrected chi connectivity index (χ0v) is 15.3. The van der Waals surface area contributed by atoms with Gasteiger partial charge in [-0.25, -0.2) is 0 Å². The second-order valence-corrected chi connectivity index (χ2v) is 7.14. The van der Waals surface area contributed by atoms with Crippen LogP contribution in [0, 0.1) is 0 Å². The molecule has 0 fully saturated rings. The highest BCUT2D eigenvalue weighted by molar-refractivity contribution is 9.15. The first-order valence-corrected chi connectivity index (χ1v) is 8.42. The molecule has 3 aromatic rings. The molecule has 0 unspecified atom stereocenters. The molecule has 0 heterocycles. The molecule has 0 aliphatic carbocycles. The zero-order chi connectivity index (χ0) is 12.9. The van der Waals surface area contributed by atoms with Crippen LogP contribution >= 0.6 is 63.7 Å². The van der Waals surface area contributed by atoms with Gasteiger partial charge < -0.3 is 0 Å². The fraction of sp³-hybridized carbons (Fsp3) is 0. The summed E-state index contributed by atoms with van der Waals surface area (Å²) in [5.74, 6) is 0. The van der Waals surface area contributed by atoms with Crippen molar-refractivity contribution < 1.29 is 0 Å². The van der Waals surface area contributed by atoms with Crippen molar-refractivity contribution in [2.24, 2.45) is 0 Å². The molecule has 0 amide bonds. The predicted octanol–water partition coefficient (Wildman–Crippen LogP) is 7.04. The van der Waals surface area contributed by atoms with Crippen LogP contribution in [0.3, 0.4) is 0 Å². The molecule has 0 N–H and O–H groups in total. The van der Waals surface area contributed by atoms with Gasteiger partial charge in [-0.05, 0) is 79.9 Å². The molecule has 90 valence electrons. The third-order valence-corrected chi connectivity index (χ3v) is 7.76. The number of fused-ring (bicyclic) bond motifs is 3. The third kappa shape index (κ3) is 1.89. The Morgan fingerprint density at radius 2 is 1.22 bits per heavy atom. The minimum absolute atomic E-state index is 1.03. The van der Waals surface area contributed by atoms with E-state index >= 15 is 0 Å². The van der Waals surface area contributed by atoms with E-state index in [1.807, 2.05) is 0 Å². The van der Waals surface area contributed by atoms with Crippen molar-refractivity contribution in [2.45, 2.75) is 0 Å². The summed E-state index contributed by atoms with van der Waals surface area (Å²) in [5, 5.41) is 4.90. The van der Waals surface area contributed by atoms with Crippen molar-refractivity contribution in [3.05, 3.63) is 54.3 Å². The average molecular weight is 494 g/mol. The normalized spacial score (nSPS) is 11.3. The van der Waals surface area contributed by atoms with Crippen LogP contribution < -0.4 is 0 Å². The molecule has 0 radical (unpaired) electrons. The molecule has 0 spiro atoms. The van der Waals surface area contributed by atoms with Crippen LogP contribution in [-0.2, 0) is 0 Å². The quantitative estimate of drug-likeness (QED) is 0.179. The Hall–Kier alpha value is 0.1000.